The number of piperidine rings is 1. The second kappa shape index (κ2) is 11.2. The Labute approximate surface area is 200 Å². The van der Waals surface area contributed by atoms with E-state index in [1.165, 1.54) is 0 Å². The highest BCUT2D eigenvalue weighted by Gasteiger charge is 2.33. The van der Waals surface area contributed by atoms with Crippen LogP contribution < -0.4 is 15.4 Å². The molecule has 2 N–H and O–H groups in total. The monoisotopic (exact) mass is 463 g/mol. The average molecular weight is 464 g/mol. The molecule has 0 spiro atoms. The molecule has 1 heterocycles. The lowest BCUT2D eigenvalue weighted by Crippen LogP contribution is -2.55. The molecule has 2 aliphatic rings. The quantitative estimate of drug-likeness (QED) is 0.687. The summed E-state index contributed by atoms with van der Waals surface area (Å²) in [6, 6.07) is 16.1. The zero-order valence-electron chi connectivity index (χ0n) is 19.7. The maximum atomic E-state index is 13.2. The summed E-state index contributed by atoms with van der Waals surface area (Å²) in [5.74, 6) is 0.157. The summed E-state index contributed by atoms with van der Waals surface area (Å²) in [5.41, 5.74) is 1.19. The van der Waals surface area contributed by atoms with Crippen LogP contribution in [0.2, 0.25) is 0 Å². The van der Waals surface area contributed by atoms with E-state index in [9.17, 15) is 14.4 Å². The molecule has 4 rings (SSSR count). The van der Waals surface area contributed by atoms with Crippen LogP contribution in [0.5, 0.6) is 5.75 Å². The fraction of sp³-hybridized carbons (Fsp3) is 0.444. The second-order valence-electron chi connectivity index (χ2n) is 9.17. The number of hydrogen-bond acceptors (Lipinski definition) is 4. The van der Waals surface area contributed by atoms with Crippen LogP contribution in [0, 0.1) is 5.92 Å². The van der Waals surface area contributed by atoms with Gasteiger partial charge in [0, 0.05) is 36.3 Å². The van der Waals surface area contributed by atoms with Crippen LogP contribution in [0.15, 0.2) is 54.6 Å². The number of carbonyl (C=O) groups excluding carboxylic acids is 3. The van der Waals surface area contributed by atoms with Gasteiger partial charge >= 0.3 is 0 Å². The van der Waals surface area contributed by atoms with Gasteiger partial charge in [0.25, 0.3) is 11.8 Å². The minimum atomic E-state index is -0.254. The summed E-state index contributed by atoms with van der Waals surface area (Å²) >= 11 is 0. The van der Waals surface area contributed by atoms with Crippen LogP contribution in [-0.4, -0.2) is 54.9 Å². The van der Waals surface area contributed by atoms with Crippen molar-refractivity contribution in [1.29, 1.82) is 0 Å². The lowest BCUT2D eigenvalue weighted by molar-refractivity contribution is -0.127. The van der Waals surface area contributed by atoms with Crippen molar-refractivity contribution in [3.05, 3.63) is 65.7 Å². The minimum Gasteiger partial charge on any atom is -0.497 e. The Kier molecular flexibility index (Phi) is 7.83. The van der Waals surface area contributed by atoms with Crippen molar-refractivity contribution in [3.63, 3.8) is 0 Å². The van der Waals surface area contributed by atoms with Gasteiger partial charge in [-0.15, -0.1) is 0 Å². The Balaban J connectivity index is 1.36. The lowest BCUT2D eigenvalue weighted by Gasteiger charge is -2.36. The molecular weight excluding hydrogens is 430 g/mol. The first-order valence-corrected chi connectivity index (χ1v) is 12.1. The van der Waals surface area contributed by atoms with Crippen molar-refractivity contribution in [3.8, 4) is 5.75 Å². The van der Waals surface area contributed by atoms with Crippen molar-refractivity contribution >= 4 is 17.7 Å². The largest absolute Gasteiger partial charge is 0.497 e. The predicted molar refractivity (Wildman–Crippen MR) is 130 cm³/mol. The standard InChI is InChI=1S/C27H33N3O4/c1-34-22-13-7-11-20(17-22)27(33)30-16-8-12-21(18-30)26(32)29-24-15-6-5-14-23(24)28-25(31)19-9-3-2-4-10-19/h2-4,7,9-11,13,17,21,23-24H,5-6,8,12,14-16,18H2,1H3,(H,28,31)(H,29,32)/t21-,23+,24+/m0/s1. The van der Waals surface area contributed by atoms with Crippen LogP contribution in [0.1, 0.15) is 59.2 Å². The third kappa shape index (κ3) is 5.76. The highest BCUT2D eigenvalue weighted by Crippen LogP contribution is 2.23. The first kappa shape index (κ1) is 23.8. The van der Waals surface area contributed by atoms with Crippen LogP contribution in [0.25, 0.3) is 0 Å². The molecule has 1 saturated carbocycles. The Hall–Kier alpha value is -3.35. The van der Waals surface area contributed by atoms with Gasteiger partial charge < -0.3 is 20.3 Å². The van der Waals surface area contributed by atoms with Gasteiger partial charge in [0.15, 0.2) is 0 Å². The first-order chi connectivity index (χ1) is 16.5. The molecule has 3 amide bonds. The van der Waals surface area contributed by atoms with Gasteiger partial charge in [0.1, 0.15) is 5.75 Å². The van der Waals surface area contributed by atoms with Gasteiger partial charge in [-0.2, -0.15) is 0 Å². The Morgan fingerprint density at radius 1 is 0.853 bits per heavy atom. The molecule has 1 aliphatic carbocycles. The van der Waals surface area contributed by atoms with E-state index in [2.05, 4.69) is 10.6 Å². The SMILES string of the molecule is COc1cccc(C(=O)N2CCC[C@H](C(=O)N[C@@H]3CCCC[C@H]3NC(=O)c3ccccc3)C2)c1. The highest BCUT2D eigenvalue weighted by molar-refractivity contribution is 5.95. The molecule has 1 aliphatic heterocycles. The van der Waals surface area contributed by atoms with Crippen LogP contribution in [0.3, 0.4) is 0 Å². The van der Waals surface area contributed by atoms with E-state index in [-0.39, 0.29) is 35.7 Å². The van der Waals surface area contributed by atoms with Crippen LogP contribution in [0.4, 0.5) is 0 Å². The van der Waals surface area contributed by atoms with E-state index < -0.39 is 0 Å². The molecule has 180 valence electrons. The summed E-state index contributed by atoms with van der Waals surface area (Å²) in [4.78, 5) is 40.6. The third-order valence-electron chi connectivity index (χ3n) is 6.84. The van der Waals surface area contributed by atoms with Gasteiger partial charge in [-0.05, 0) is 56.0 Å². The summed E-state index contributed by atoms with van der Waals surface area (Å²) < 4.78 is 5.24. The van der Waals surface area contributed by atoms with Gasteiger partial charge in [0.2, 0.25) is 5.91 Å². The number of amides is 3. The molecule has 7 nitrogen and oxygen atoms in total. The molecule has 1 saturated heterocycles. The molecule has 34 heavy (non-hydrogen) atoms. The van der Waals surface area contributed by atoms with Gasteiger partial charge in [-0.25, -0.2) is 0 Å². The number of hydrogen-bond donors (Lipinski definition) is 2. The van der Waals surface area contributed by atoms with E-state index in [1.54, 1.807) is 48.4 Å². The molecule has 0 bridgehead atoms. The van der Waals surface area contributed by atoms with Crippen molar-refractivity contribution < 1.29 is 19.1 Å². The van der Waals surface area contributed by atoms with Crippen LogP contribution >= 0.6 is 0 Å². The third-order valence-corrected chi connectivity index (χ3v) is 6.84. The summed E-state index contributed by atoms with van der Waals surface area (Å²) in [6.45, 7) is 1.04. The van der Waals surface area contributed by atoms with Crippen LogP contribution in [-0.2, 0) is 4.79 Å². The van der Waals surface area contributed by atoms with E-state index >= 15 is 0 Å². The van der Waals surface area contributed by atoms with Crippen molar-refractivity contribution in [1.82, 2.24) is 15.5 Å². The molecule has 3 atom stereocenters. The maximum Gasteiger partial charge on any atom is 0.254 e. The molecule has 2 aromatic carbocycles. The zero-order valence-corrected chi connectivity index (χ0v) is 19.7. The van der Waals surface area contributed by atoms with E-state index in [4.69, 9.17) is 4.74 Å². The molecule has 7 heteroatoms. The molecule has 0 aromatic heterocycles. The van der Waals surface area contributed by atoms with E-state index in [0.29, 0.717) is 30.0 Å². The van der Waals surface area contributed by atoms with E-state index in [1.807, 2.05) is 18.2 Å². The topological polar surface area (TPSA) is 87.7 Å². The Morgan fingerprint density at radius 2 is 1.56 bits per heavy atom. The Morgan fingerprint density at radius 3 is 2.29 bits per heavy atom. The fourth-order valence-corrected chi connectivity index (χ4v) is 4.93. The molecule has 0 radical (unpaired) electrons. The Bertz CT molecular complexity index is 1010. The van der Waals surface area contributed by atoms with Crippen molar-refractivity contribution in [2.75, 3.05) is 20.2 Å². The fourth-order valence-electron chi connectivity index (χ4n) is 4.93. The first-order valence-electron chi connectivity index (χ1n) is 12.1. The van der Waals surface area contributed by atoms with Gasteiger partial charge in [0.05, 0.1) is 13.0 Å². The number of nitrogens with zero attached hydrogens (tertiary/aromatic N) is 1. The van der Waals surface area contributed by atoms with Crippen molar-refractivity contribution in [2.45, 2.75) is 50.6 Å². The molecule has 2 fully saturated rings. The minimum absolute atomic E-state index is 0.0333. The number of methoxy groups -OCH3 is 1. The molecular formula is C27H33N3O4. The van der Waals surface area contributed by atoms with Gasteiger partial charge in [-0.1, -0.05) is 37.1 Å². The number of carbonyl (C=O) groups is 3. The highest BCUT2D eigenvalue weighted by atomic mass is 16.5. The zero-order chi connectivity index (χ0) is 23.9. The number of rotatable bonds is 6. The van der Waals surface area contributed by atoms with Crippen molar-refractivity contribution in [2.24, 2.45) is 5.92 Å². The summed E-state index contributed by atoms with van der Waals surface area (Å²) in [5, 5.41) is 6.32. The van der Waals surface area contributed by atoms with E-state index in [0.717, 1.165) is 38.5 Å². The second-order valence-corrected chi connectivity index (χ2v) is 9.17. The predicted octanol–water partition coefficient (Wildman–Crippen LogP) is 3.40. The van der Waals surface area contributed by atoms with Gasteiger partial charge in [-0.3, -0.25) is 14.4 Å². The average Bonchev–Trinajstić information content (AvgIpc) is 2.90. The number of ether oxygens (including phenoxy) is 1. The molecule has 2 aromatic rings. The number of benzene rings is 2. The summed E-state index contributed by atoms with van der Waals surface area (Å²) in [7, 11) is 1.58. The summed E-state index contributed by atoms with van der Waals surface area (Å²) in [6.07, 6.45) is 5.26. The molecule has 0 unspecified atom stereocenters. The number of likely N-dealkylation sites (tertiary alicyclic amines) is 1. The lowest BCUT2D eigenvalue weighted by atomic mass is 9.88. The number of nitrogens with one attached hydrogen (secondary N) is 2. The normalized spacial score (nSPS) is 22.5. The smallest absolute Gasteiger partial charge is 0.254 e. The maximum absolute atomic E-state index is 13.2.